The molecular formula is C4H10N4O4. The maximum absolute atomic E-state index is 10.7. The second-order valence-corrected chi connectivity index (χ2v) is 1.77. The summed E-state index contributed by atoms with van der Waals surface area (Å²) in [5.74, 6) is 0. The zero-order chi connectivity index (χ0) is 9.56. The van der Waals surface area contributed by atoms with Crippen molar-refractivity contribution in [3.05, 3.63) is 10.4 Å². The molecule has 8 nitrogen and oxygen atoms in total. The number of hydrogen-bond donors (Lipinski definition) is 0. The molecule has 0 aromatic carbocycles. The normalized spacial score (nSPS) is 15.6. The van der Waals surface area contributed by atoms with Gasteiger partial charge in [0.2, 0.25) is 10.6 Å². The molecule has 8 heteroatoms. The van der Waals surface area contributed by atoms with E-state index in [0.29, 0.717) is 0 Å². The Morgan fingerprint density at radius 2 is 1.42 bits per heavy atom. The van der Waals surface area contributed by atoms with Crippen molar-refractivity contribution in [1.29, 1.82) is 0 Å². The zero-order valence-electron chi connectivity index (χ0n) is 7.00. The van der Waals surface area contributed by atoms with E-state index in [1.165, 1.54) is 21.1 Å². The van der Waals surface area contributed by atoms with E-state index in [-0.39, 0.29) is 9.72 Å². The average Bonchev–Trinajstić information content (AvgIpc) is 2.04. The highest BCUT2D eigenvalue weighted by molar-refractivity contribution is 4.19. The first kappa shape index (κ1) is 10.4. The lowest BCUT2D eigenvalue weighted by Crippen LogP contribution is -2.26. The van der Waals surface area contributed by atoms with Crippen molar-refractivity contribution in [2.75, 3.05) is 14.2 Å². The molecule has 0 amide bonds. The van der Waals surface area contributed by atoms with Crippen LogP contribution in [0.25, 0.3) is 0 Å². The van der Waals surface area contributed by atoms with Gasteiger partial charge >= 0.3 is 6.17 Å². The molecule has 0 aliphatic rings. The van der Waals surface area contributed by atoms with E-state index in [9.17, 15) is 10.4 Å². The number of hydroxylamine groups is 2. The monoisotopic (exact) mass is 178 g/mol. The van der Waals surface area contributed by atoms with Crippen LogP contribution in [0.5, 0.6) is 0 Å². The molecule has 0 atom stereocenters. The van der Waals surface area contributed by atoms with Crippen LogP contribution in [-0.2, 0) is 9.68 Å². The van der Waals surface area contributed by atoms with Crippen molar-refractivity contribution in [2.24, 2.45) is 10.6 Å². The van der Waals surface area contributed by atoms with Gasteiger partial charge in [-0.1, -0.05) is 0 Å². The van der Waals surface area contributed by atoms with Crippen molar-refractivity contribution >= 4 is 0 Å². The molecule has 0 spiro atoms. The molecule has 0 fully saturated rings. The molecule has 0 N–H and O–H groups in total. The molecule has 0 aromatic rings. The highest BCUT2D eigenvalue weighted by Gasteiger charge is 2.21. The van der Waals surface area contributed by atoms with Gasteiger partial charge in [0.05, 0.1) is 6.92 Å². The Morgan fingerprint density at radius 1 is 1.08 bits per heavy atom. The molecule has 0 rings (SSSR count). The Labute approximate surface area is 68.8 Å². The lowest BCUT2D eigenvalue weighted by Gasteiger charge is -2.04. The van der Waals surface area contributed by atoms with Crippen molar-refractivity contribution in [1.82, 2.24) is 0 Å². The van der Waals surface area contributed by atoms with E-state index >= 15 is 0 Å². The van der Waals surface area contributed by atoms with E-state index < -0.39 is 6.17 Å². The summed E-state index contributed by atoms with van der Waals surface area (Å²) in [6, 6.07) is 0. The minimum Gasteiger partial charge on any atom is -0.592 e. The maximum atomic E-state index is 10.7. The summed E-state index contributed by atoms with van der Waals surface area (Å²) in [7, 11) is 2.39. The Bertz CT molecular complexity index is 171. The first-order valence-corrected chi connectivity index (χ1v) is 3.04. The standard InChI is InChI=1S/C4H10N4O4/c1-4(7(9)5-11-2)8(10)6-12-3/h4H,1-3H3/b7-5-,8-6-. The Balaban J connectivity index is 4.28. The van der Waals surface area contributed by atoms with Crippen molar-refractivity contribution in [2.45, 2.75) is 13.1 Å². The fourth-order valence-corrected chi connectivity index (χ4v) is 0.382. The molecule has 0 bridgehead atoms. The number of nitrogens with zero attached hydrogens (tertiary/aromatic N) is 4. The van der Waals surface area contributed by atoms with E-state index in [4.69, 9.17) is 0 Å². The van der Waals surface area contributed by atoms with Gasteiger partial charge < -0.3 is 20.1 Å². The molecule has 0 heterocycles. The van der Waals surface area contributed by atoms with Crippen LogP contribution in [0, 0.1) is 10.4 Å². The van der Waals surface area contributed by atoms with Gasteiger partial charge in [-0.3, -0.25) is 0 Å². The van der Waals surface area contributed by atoms with Crippen molar-refractivity contribution < 1.29 is 19.4 Å². The fourth-order valence-electron chi connectivity index (χ4n) is 0.382. The predicted octanol–water partition coefficient (Wildman–Crippen LogP) is 0.380. The third-order valence-corrected chi connectivity index (χ3v) is 0.964. The molecule has 0 aromatic heterocycles. The topological polar surface area (TPSA) is 95.3 Å². The molecule has 0 radical (unpaired) electrons. The van der Waals surface area contributed by atoms with E-state index in [2.05, 4.69) is 20.2 Å². The molecule has 0 aliphatic carbocycles. The van der Waals surface area contributed by atoms with Gasteiger partial charge in [-0.25, -0.2) is 0 Å². The van der Waals surface area contributed by atoms with Crippen LogP contribution >= 0.6 is 0 Å². The maximum Gasteiger partial charge on any atom is 0.413 e. The molecule has 0 saturated carbocycles. The van der Waals surface area contributed by atoms with E-state index in [1.54, 1.807) is 0 Å². The van der Waals surface area contributed by atoms with E-state index in [1.807, 2.05) is 0 Å². The summed E-state index contributed by atoms with van der Waals surface area (Å²) >= 11 is 0. The Morgan fingerprint density at radius 3 is 1.67 bits per heavy atom. The second kappa shape index (κ2) is 5.10. The predicted molar refractivity (Wildman–Crippen MR) is 35.6 cm³/mol. The van der Waals surface area contributed by atoms with Gasteiger partial charge in [-0.15, -0.1) is 0 Å². The highest BCUT2D eigenvalue weighted by atomic mass is 16.7. The third-order valence-electron chi connectivity index (χ3n) is 0.964. The lowest BCUT2D eigenvalue weighted by molar-refractivity contribution is -0.792. The summed E-state index contributed by atoms with van der Waals surface area (Å²) in [5.41, 5.74) is 0. The van der Waals surface area contributed by atoms with Crippen molar-refractivity contribution in [3.63, 3.8) is 0 Å². The molecular weight excluding hydrogens is 168 g/mol. The van der Waals surface area contributed by atoms with Crippen LogP contribution in [0.4, 0.5) is 0 Å². The fraction of sp³-hybridized carbons (Fsp3) is 1.00. The van der Waals surface area contributed by atoms with Crippen LogP contribution < -0.4 is 0 Å². The minimum absolute atomic E-state index is 0.0650. The quantitative estimate of drug-likeness (QED) is 0.269. The summed E-state index contributed by atoms with van der Waals surface area (Å²) in [4.78, 5) is 8.42. The smallest absolute Gasteiger partial charge is 0.413 e. The molecule has 70 valence electrons. The van der Waals surface area contributed by atoms with Crippen LogP contribution in [0.15, 0.2) is 10.6 Å². The van der Waals surface area contributed by atoms with Gasteiger partial charge in [0.25, 0.3) is 0 Å². The second-order valence-electron chi connectivity index (χ2n) is 1.77. The molecule has 12 heavy (non-hydrogen) atoms. The van der Waals surface area contributed by atoms with Gasteiger partial charge in [0.15, 0.2) is 0 Å². The van der Waals surface area contributed by atoms with Crippen LogP contribution in [0.3, 0.4) is 0 Å². The zero-order valence-corrected chi connectivity index (χ0v) is 7.00. The highest BCUT2D eigenvalue weighted by Crippen LogP contribution is 1.93. The summed E-state index contributed by atoms with van der Waals surface area (Å²) in [5, 5.41) is 27.4. The van der Waals surface area contributed by atoms with Crippen LogP contribution in [0.1, 0.15) is 6.92 Å². The van der Waals surface area contributed by atoms with Gasteiger partial charge in [0.1, 0.15) is 14.2 Å². The minimum atomic E-state index is -1.12. The van der Waals surface area contributed by atoms with Gasteiger partial charge in [-0.2, -0.15) is 0 Å². The summed E-state index contributed by atoms with van der Waals surface area (Å²) in [6.07, 6.45) is -1.12. The first-order valence-electron chi connectivity index (χ1n) is 3.04. The van der Waals surface area contributed by atoms with Gasteiger partial charge in [-0.05, 0) is 0 Å². The Hall–Kier alpha value is -1.60. The molecule has 0 unspecified atom stereocenters. The van der Waals surface area contributed by atoms with Crippen LogP contribution in [-0.4, -0.2) is 30.1 Å². The summed E-state index contributed by atoms with van der Waals surface area (Å²) in [6.45, 7) is 1.30. The van der Waals surface area contributed by atoms with Gasteiger partial charge in [0, 0.05) is 9.72 Å². The SMILES string of the molecule is CO/N=[N+](\[O-])C(C)/[N+]([O-])=N/OC. The number of hydrogen-bond acceptors (Lipinski definition) is 6. The average molecular weight is 178 g/mol. The first-order chi connectivity index (χ1) is 5.63. The molecule has 0 saturated heterocycles. The van der Waals surface area contributed by atoms with Crippen LogP contribution in [0.2, 0.25) is 0 Å². The number of rotatable bonds is 4. The van der Waals surface area contributed by atoms with Crippen molar-refractivity contribution in [3.8, 4) is 0 Å². The summed E-state index contributed by atoms with van der Waals surface area (Å²) < 4.78 is 0. The largest absolute Gasteiger partial charge is 0.592 e. The lowest BCUT2D eigenvalue weighted by atomic mass is 10.6. The third kappa shape index (κ3) is 2.99. The van der Waals surface area contributed by atoms with E-state index in [0.717, 1.165) is 0 Å². The Kier molecular flexibility index (Phi) is 4.42. The molecule has 0 aliphatic heterocycles.